The van der Waals surface area contributed by atoms with Crippen LogP contribution in [-0.2, 0) is 16.0 Å². The summed E-state index contributed by atoms with van der Waals surface area (Å²) in [6, 6.07) is 14.4. The van der Waals surface area contributed by atoms with Crippen molar-refractivity contribution in [2.75, 3.05) is 27.2 Å². The number of rotatable bonds is 11. The quantitative estimate of drug-likeness (QED) is 0.263. The molecule has 0 aliphatic heterocycles. The standard InChI is InChI=1S/C32H40ClN3O3/c1-21(2)31(37)39-32(20-23-12-13-24(32)19-25(23)22-9-6-5-7-10-22)16-18-36(3)17-8-11-28-34-29-26(33)14-15-27(38-4)30(29)35-28/h5-7,9-10,14-15,19,21,23-24H,8,11-13,16-18,20H2,1-4H3,(H,34,35)/t23-,24+,32+/m1/s1. The number of methoxy groups -OCH3 is 1. The normalized spacial score (nSPS) is 22.5. The number of benzene rings is 2. The summed E-state index contributed by atoms with van der Waals surface area (Å²) in [4.78, 5) is 23.3. The second kappa shape index (κ2) is 11.7. The molecule has 39 heavy (non-hydrogen) atoms. The molecule has 2 aromatic carbocycles. The molecule has 1 fully saturated rings. The summed E-state index contributed by atoms with van der Waals surface area (Å²) in [5.41, 5.74) is 3.90. The first-order valence-corrected chi connectivity index (χ1v) is 14.6. The second-order valence-electron chi connectivity index (χ2n) is 11.5. The van der Waals surface area contributed by atoms with Crippen molar-refractivity contribution in [3.05, 3.63) is 65.0 Å². The van der Waals surface area contributed by atoms with Crippen LogP contribution in [0.25, 0.3) is 16.6 Å². The van der Waals surface area contributed by atoms with E-state index < -0.39 is 5.60 Å². The third-order valence-electron chi connectivity index (χ3n) is 8.49. The van der Waals surface area contributed by atoms with E-state index in [1.54, 1.807) is 7.11 Å². The Morgan fingerprint density at radius 2 is 1.97 bits per heavy atom. The summed E-state index contributed by atoms with van der Waals surface area (Å²) < 4.78 is 11.9. The Labute approximate surface area is 236 Å². The van der Waals surface area contributed by atoms with E-state index in [1.165, 1.54) is 11.1 Å². The van der Waals surface area contributed by atoms with Crippen molar-refractivity contribution in [1.29, 1.82) is 0 Å². The second-order valence-corrected chi connectivity index (χ2v) is 11.9. The fourth-order valence-electron chi connectivity index (χ4n) is 6.29. The van der Waals surface area contributed by atoms with Gasteiger partial charge in [0.05, 0.1) is 18.1 Å². The van der Waals surface area contributed by atoms with Crippen LogP contribution in [0.15, 0.2) is 48.5 Å². The van der Waals surface area contributed by atoms with Gasteiger partial charge in [-0.1, -0.05) is 61.9 Å². The van der Waals surface area contributed by atoms with Gasteiger partial charge in [-0.3, -0.25) is 4.79 Å². The monoisotopic (exact) mass is 549 g/mol. The highest BCUT2D eigenvalue weighted by Crippen LogP contribution is 2.53. The number of fused-ring (bicyclic) bond motifs is 3. The summed E-state index contributed by atoms with van der Waals surface area (Å²) in [7, 11) is 3.81. The van der Waals surface area contributed by atoms with Crippen LogP contribution >= 0.6 is 11.6 Å². The average Bonchev–Trinajstić information content (AvgIpc) is 3.38. The highest BCUT2D eigenvalue weighted by atomic mass is 35.5. The molecular formula is C32H40ClN3O3. The smallest absolute Gasteiger partial charge is 0.308 e. The number of allylic oxidation sites excluding steroid dienone is 1. The minimum Gasteiger partial charge on any atom is -0.494 e. The zero-order chi connectivity index (χ0) is 27.6. The molecule has 3 aliphatic carbocycles. The van der Waals surface area contributed by atoms with Crippen LogP contribution < -0.4 is 4.74 Å². The van der Waals surface area contributed by atoms with Crippen molar-refractivity contribution in [3.8, 4) is 5.75 Å². The molecule has 208 valence electrons. The van der Waals surface area contributed by atoms with Crippen LogP contribution in [0.4, 0.5) is 0 Å². The van der Waals surface area contributed by atoms with E-state index in [1.807, 2.05) is 26.0 Å². The van der Waals surface area contributed by atoms with Crippen LogP contribution in [0.3, 0.4) is 0 Å². The van der Waals surface area contributed by atoms with Crippen LogP contribution in [0.1, 0.15) is 57.3 Å². The number of carbonyl (C=O) groups is 1. The molecule has 6 nitrogen and oxygen atoms in total. The summed E-state index contributed by atoms with van der Waals surface area (Å²) >= 11 is 6.35. The van der Waals surface area contributed by atoms with Gasteiger partial charge in [0.15, 0.2) is 0 Å². The number of esters is 1. The maximum atomic E-state index is 12.9. The van der Waals surface area contributed by atoms with Crippen molar-refractivity contribution >= 4 is 34.2 Å². The molecule has 2 bridgehead atoms. The molecular weight excluding hydrogens is 510 g/mol. The Morgan fingerprint density at radius 3 is 2.67 bits per heavy atom. The lowest BCUT2D eigenvalue weighted by molar-refractivity contribution is -0.176. The lowest BCUT2D eigenvalue weighted by Gasteiger charge is -2.50. The van der Waals surface area contributed by atoms with Gasteiger partial charge in [0.25, 0.3) is 0 Å². The number of aromatic nitrogens is 2. The SMILES string of the molecule is COc1ccc(Cl)c2nc(CCCN(C)CC[C@]3(OC(=O)C(C)C)C[C@H]4CC[C@H]3C=C4c3ccccc3)[nH]c12. The molecule has 1 heterocycles. The number of hydrogen-bond acceptors (Lipinski definition) is 5. The van der Waals surface area contributed by atoms with E-state index in [4.69, 9.17) is 26.1 Å². The van der Waals surface area contributed by atoms with Gasteiger partial charge in [0, 0.05) is 25.3 Å². The molecule has 1 saturated carbocycles. The first-order chi connectivity index (χ1) is 18.8. The van der Waals surface area contributed by atoms with Gasteiger partial charge in [0.1, 0.15) is 28.2 Å². The van der Waals surface area contributed by atoms with E-state index in [0.717, 1.165) is 74.2 Å². The number of aryl methyl sites for hydroxylation is 1. The van der Waals surface area contributed by atoms with Crippen LogP contribution in [0, 0.1) is 17.8 Å². The highest BCUT2D eigenvalue weighted by molar-refractivity contribution is 6.35. The molecule has 1 N–H and O–H groups in total. The van der Waals surface area contributed by atoms with Crippen molar-refractivity contribution in [2.45, 2.75) is 58.0 Å². The first-order valence-electron chi connectivity index (χ1n) is 14.2. The Kier molecular flexibility index (Phi) is 8.34. The Balaban J connectivity index is 1.23. The zero-order valence-electron chi connectivity index (χ0n) is 23.5. The number of H-pyrrole nitrogens is 1. The minimum atomic E-state index is -0.428. The van der Waals surface area contributed by atoms with Gasteiger partial charge in [-0.05, 0) is 68.5 Å². The van der Waals surface area contributed by atoms with Gasteiger partial charge in [-0.15, -0.1) is 0 Å². The maximum absolute atomic E-state index is 12.9. The molecule has 0 radical (unpaired) electrons. The molecule has 0 unspecified atom stereocenters. The third kappa shape index (κ3) is 5.87. The van der Waals surface area contributed by atoms with E-state index in [9.17, 15) is 4.79 Å². The Bertz CT molecular complexity index is 1340. The van der Waals surface area contributed by atoms with E-state index >= 15 is 0 Å². The number of nitrogens with zero attached hydrogens (tertiary/aromatic N) is 2. The molecule has 3 aliphatic rings. The van der Waals surface area contributed by atoms with Gasteiger partial charge < -0.3 is 19.4 Å². The molecule has 3 atom stereocenters. The number of ether oxygens (including phenoxy) is 2. The molecule has 1 aromatic heterocycles. The lowest BCUT2D eigenvalue weighted by atomic mass is 9.60. The van der Waals surface area contributed by atoms with Crippen molar-refractivity contribution in [3.63, 3.8) is 0 Å². The van der Waals surface area contributed by atoms with Crippen molar-refractivity contribution in [2.24, 2.45) is 17.8 Å². The van der Waals surface area contributed by atoms with Crippen LogP contribution in [0.2, 0.25) is 5.02 Å². The predicted molar refractivity (Wildman–Crippen MR) is 157 cm³/mol. The third-order valence-corrected chi connectivity index (χ3v) is 8.80. The van der Waals surface area contributed by atoms with Crippen molar-refractivity contribution < 1.29 is 14.3 Å². The first kappa shape index (κ1) is 27.7. The molecule has 0 saturated heterocycles. The van der Waals surface area contributed by atoms with E-state index in [2.05, 4.69) is 53.3 Å². The number of aromatic amines is 1. The highest BCUT2D eigenvalue weighted by Gasteiger charge is 2.50. The van der Waals surface area contributed by atoms with E-state index in [-0.39, 0.29) is 17.8 Å². The summed E-state index contributed by atoms with van der Waals surface area (Å²) in [6.45, 7) is 5.66. The number of carbonyl (C=O) groups excluding carboxylic acids is 1. The largest absolute Gasteiger partial charge is 0.494 e. The lowest BCUT2D eigenvalue weighted by Crippen LogP contribution is -2.51. The molecule has 6 rings (SSSR count). The predicted octanol–water partition coefficient (Wildman–Crippen LogP) is 6.93. The van der Waals surface area contributed by atoms with Crippen LogP contribution in [-0.4, -0.2) is 53.7 Å². The Morgan fingerprint density at radius 1 is 1.18 bits per heavy atom. The number of imidazole rings is 1. The number of halogens is 1. The summed E-state index contributed by atoms with van der Waals surface area (Å²) in [6.07, 6.45) is 8.19. The fraction of sp³-hybridized carbons (Fsp3) is 0.500. The molecule has 7 heteroatoms. The maximum Gasteiger partial charge on any atom is 0.308 e. The van der Waals surface area contributed by atoms with Gasteiger partial charge in [-0.2, -0.15) is 0 Å². The Hall–Kier alpha value is -2.83. The summed E-state index contributed by atoms with van der Waals surface area (Å²) in [5.74, 6) is 2.13. The molecule has 3 aromatic rings. The summed E-state index contributed by atoms with van der Waals surface area (Å²) in [5, 5.41) is 0.623. The van der Waals surface area contributed by atoms with Crippen LogP contribution in [0.5, 0.6) is 5.75 Å². The van der Waals surface area contributed by atoms with Gasteiger partial charge >= 0.3 is 5.97 Å². The molecule has 0 amide bonds. The topological polar surface area (TPSA) is 67.5 Å². The number of nitrogens with one attached hydrogen (secondary N) is 1. The average molecular weight is 550 g/mol. The number of hydrogen-bond donors (Lipinski definition) is 1. The molecule has 0 spiro atoms. The van der Waals surface area contributed by atoms with Gasteiger partial charge in [0.2, 0.25) is 0 Å². The zero-order valence-corrected chi connectivity index (χ0v) is 24.3. The fourth-order valence-corrected chi connectivity index (χ4v) is 6.49. The van der Waals surface area contributed by atoms with E-state index in [0.29, 0.717) is 10.9 Å². The van der Waals surface area contributed by atoms with Crippen molar-refractivity contribution in [1.82, 2.24) is 14.9 Å². The minimum absolute atomic E-state index is 0.0844. The van der Waals surface area contributed by atoms with Gasteiger partial charge in [-0.25, -0.2) is 4.98 Å².